The average Bonchev–Trinajstić information content (AvgIpc) is 3.22. The predicted octanol–water partition coefficient (Wildman–Crippen LogP) is 4.21. The van der Waals surface area contributed by atoms with Gasteiger partial charge < -0.3 is 10.1 Å². The first-order chi connectivity index (χ1) is 16.1. The molecule has 0 atom stereocenters. The van der Waals surface area contributed by atoms with Crippen LogP contribution in [0.5, 0.6) is 5.75 Å². The fourth-order valence-corrected chi connectivity index (χ4v) is 3.49. The summed E-state index contributed by atoms with van der Waals surface area (Å²) in [6, 6.07) is 7.71. The number of halogens is 4. The van der Waals surface area contributed by atoms with Crippen LogP contribution in [0.25, 0.3) is 16.7 Å². The number of amides is 1. The van der Waals surface area contributed by atoms with E-state index >= 15 is 0 Å². The molecule has 8 nitrogen and oxygen atoms in total. The van der Waals surface area contributed by atoms with Crippen LogP contribution in [0, 0.1) is 6.92 Å². The molecule has 0 fully saturated rings. The van der Waals surface area contributed by atoms with Crippen LogP contribution in [0.15, 0.2) is 53.7 Å². The molecule has 0 aliphatic heterocycles. The molecule has 1 amide bonds. The van der Waals surface area contributed by atoms with Gasteiger partial charge in [0.25, 0.3) is 5.56 Å². The fraction of sp³-hybridized carbons (Fsp3) is 0.182. The highest BCUT2D eigenvalue weighted by atomic mass is 35.5. The molecule has 34 heavy (non-hydrogen) atoms. The molecule has 0 bridgehead atoms. The van der Waals surface area contributed by atoms with E-state index in [0.29, 0.717) is 16.5 Å². The third-order valence-corrected chi connectivity index (χ3v) is 5.45. The van der Waals surface area contributed by atoms with Crippen molar-refractivity contribution in [3.8, 4) is 11.4 Å². The van der Waals surface area contributed by atoms with Gasteiger partial charge in [-0.1, -0.05) is 17.7 Å². The van der Waals surface area contributed by atoms with Gasteiger partial charge in [-0.3, -0.25) is 14.2 Å². The summed E-state index contributed by atoms with van der Waals surface area (Å²) in [5, 5.41) is 7.21. The second kappa shape index (κ2) is 8.82. The summed E-state index contributed by atoms with van der Waals surface area (Å²) in [4.78, 5) is 29.6. The molecular formula is C22H17ClF3N5O3. The van der Waals surface area contributed by atoms with Crippen LogP contribution in [0.3, 0.4) is 0 Å². The molecule has 0 radical (unpaired) electrons. The summed E-state index contributed by atoms with van der Waals surface area (Å²) in [6.45, 7) is 1.41. The number of rotatable bonds is 5. The number of aryl methyl sites for hydroxylation is 1. The van der Waals surface area contributed by atoms with Gasteiger partial charge in [0.05, 0.1) is 30.2 Å². The lowest BCUT2D eigenvalue weighted by Crippen LogP contribution is -2.28. The van der Waals surface area contributed by atoms with E-state index in [9.17, 15) is 22.8 Å². The van der Waals surface area contributed by atoms with Gasteiger partial charge in [-0.2, -0.15) is 18.3 Å². The number of carbonyl (C=O) groups is 1. The van der Waals surface area contributed by atoms with E-state index in [4.69, 9.17) is 16.3 Å². The Morgan fingerprint density at radius 2 is 2.00 bits per heavy atom. The standard InChI is InChI=1S/C22H17ClF3N5O3/c1-12-6-17(18(34-2)8-16(12)23)29-19(32)10-30-11-27-20-15(21(30)33)9-28-31(20)14-5-3-4-13(7-14)22(24,25)26/h3-9,11H,10H2,1-2H3,(H,29,32). The monoisotopic (exact) mass is 491 g/mol. The number of nitrogens with zero attached hydrogens (tertiary/aromatic N) is 4. The van der Waals surface area contributed by atoms with Gasteiger partial charge in [0.1, 0.15) is 24.0 Å². The molecule has 0 aliphatic carbocycles. The molecule has 176 valence electrons. The molecule has 2 aromatic carbocycles. The van der Waals surface area contributed by atoms with Gasteiger partial charge >= 0.3 is 6.18 Å². The third kappa shape index (κ3) is 4.46. The number of nitrogens with one attached hydrogen (secondary N) is 1. The van der Waals surface area contributed by atoms with Crippen LogP contribution in [0.2, 0.25) is 5.02 Å². The number of carbonyl (C=O) groups excluding carboxylic acids is 1. The molecule has 12 heteroatoms. The Morgan fingerprint density at radius 3 is 2.71 bits per heavy atom. The maximum atomic E-state index is 13.1. The molecule has 2 heterocycles. The van der Waals surface area contributed by atoms with Crippen molar-refractivity contribution in [3.05, 3.63) is 75.4 Å². The first kappa shape index (κ1) is 23.3. The first-order valence-corrected chi connectivity index (χ1v) is 10.2. The lowest BCUT2D eigenvalue weighted by Gasteiger charge is -2.13. The van der Waals surface area contributed by atoms with Crippen LogP contribution < -0.4 is 15.6 Å². The van der Waals surface area contributed by atoms with Gasteiger partial charge in [-0.15, -0.1) is 0 Å². The van der Waals surface area contributed by atoms with E-state index < -0.39 is 23.2 Å². The first-order valence-electron chi connectivity index (χ1n) is 9.83. The van der Waals surface area contributed by atoms with E-state index in [2.05, 4.69) is 15.4 Å². The van der Waals surface area contributed by atoms with Crippen molar-refractivity contribution >= 4 is 34.2 Å². The quantitative estimate of drug-likeness (QED) is 0.451. The number of ether oxygens (including phenoxy) is 1. The van der Waals surface area contributed by atoms with Crippen molar-refractivity contribution in [2.45, 2.75) is 19.6 Å². The Bertz CT molecular complexity index is 1460. The Kier molecular flexibility index (Phi) is 6.05. The lowest BCUT2D eigenvalue weighted by atomic mass is 10.2. The van der Waals surface area contributed by atoms with Crippen LogP contribution in [0.4, 0.5) is 18.9 Å². The molecule has 1 N–H and O–H groups in total. The number of hydrogen-bond donors (Lipinski definition) is 1. The maximum Gasteiger partial charge on any atom is 0.416 e. The fourth-order valence-electron chi connectivity index (χ4n) is 3.34. The van der Waals surface area contributed by atoms with Crippen molar-refractivity contribution in [2.24, 2.45) is 0 Å². The number of fused-ring (bicyclic) bond motifs is 1. The Labute approximate surface area is 195 Å². The molecule has 0 unspecified atom stereocenters. The van der Waals surface area contributed by atoms with Gasteiger partial charge in [0.2, 0.25) is 5.91 Å². The normalized spacial score (nSPS) is 11.6. The number of benzene rings is 2. The molecular weight excluding hydrogens is 475 g/mol. The smallest absolute Gasteiger partial charge is 0.416 e. The van der Waals surface area contributed by atoms with Gasteiger partial charge in [0.15, 0.2) is 5.65 Å². The zero-order valence-corrected chi connectivity index (χ0v) is 18.6. The summed E-state index contributed by atoms with van der Waals surface area (Å²) < 4.78 is 46.6. The minimum Gasteiger partial charge on any atom is -0.495 e. The van der Waals surface area contributed by atoms with E-state index in [-0.39, 0.29) is 23.3 Å². The molecule has 0 aliphatic rings. The highest BCUT2D eigenvalue weighted by molar-refractivity contribution is 6.31. The van der Waals surface area contributed by atoms with Crippen LogP contribution in [0.1, 0.15) is 11.1 Å². The van der Waals surface area contributed by atoms with E-state index in [1.165, 1.54) is 25.4 Å². The highest BCUT2D eigenvalue weighted by Gasteiger charge is 2.30. The minimum atomic E-state index is -4.53. The molecule has 4 aromatic rings. The van der Waals surface area contributed by atoms with Crippen molar-refractivity contribution in [1.82, 2.24) is 19.3 Å². The lowest BCUT2D eigenvalue weighted by molar-refractivity contribution is -0.137. The zero-order valence-electron chi connectivity index (χ0n) is 17.9. The van der Waals surface area contributed by atoms with Crippen LogP contribution in [-0.4, -0.2) is 32.3 Å². The Hall–Kier alpha value is -3.86. The van der Waals surface area contributed by atoms with E-state index in [0.717, 1.165) is 33.3 Å². The third-order valence-electron chi connectivity index (χ3n) is 5.04. The van der Waals surface area contributed by atoms with Gasteiger partial charge in [-0.05, 0) is 36.8 Å². The summed E-state index contributed by atoms with van der Waals surface area (Å²) in [5.41, 5.74) is -0.161. The summed E-state index contributed by atoms with van der Waals surface area (Å²) >= 11 is 6.07. The second-order valence-corrected chi connectivity index (χ2v) is 7.78. The number of alkyl halides is 3. The number of anilines is 1. The zero-order chi connectivity index (χ0) is 24.6. The van der Waals surface area contributed by atoms with E-state index in [1.807, 2.05) is 0 Å². The second-order valence-electron chi connectivity index (χ2n) is 7.37. The largest absolute Gasteiger partial charge is 0.495 e. The topological polar surface area (TPSA) is 91.0 Å². The molecule has 0 saturated heterocycles. The number of methoxy groups -OCH3 is 1. The summed E-state index contributed by atoms with van der Waals surface area (Å²) in [7, 11) is 1.43. The van der Waals surface area contributed by atoms with Crippen molar-refractivity contribution in [2.75, 3.05) is 12.4 Å². The van der Waals surface area contributed by atoms with Crippen molar-refractivity contribution in [3.63, 3.8) is 0 Å². The van der Waals surface area contributed by atoms with Gasteiger partial charge in [0, 0.05) is 11.1 Å². The average molecular weight is 492 g/mol. The summed E-state index contributed by atoms with van der Waals surface area (Å²) in [6.07, 6.45) is -2.19. The molecule has 4 rings (SSSR count). The highest BCUT2D eigenvalue weighted by Crippen LogP contribution is 2.31. The van der Waals surface area contributed by atoms with Gasteiger partial charge in [-0.25, -0.2) is 9.67 Å². The number of hydrogen-bond acceptors (Lipinski definition) is 5. The van der Waals surface area contributed by atoms with Crippen molar-refractivity contribution in [1.29, 1.82) is 0 Å². The molecule has 0 spiro atoms. The Morgan fingerprint density at radius 1 is 1.24 bits per heavy atom. The molecule has 2 aromatic heterocycles. The number of aromatic nitrogens is 4. The molecule has 0 saturated carbocycles. The van der Waals surface area contributed by atoms with Crippen LogP contribution in [-0.2, 0) is 17.5 Å². The Balaban J connectivity index is 1.62. The van der Waals surface area contributed by atoms with Crippen LogP contribution >= 0.6 is 11.6 Å². The predicted molar refractivity (Wildman–Crippen MR) is 119 cm³/mol. The maximum absolute atomic E-state index is 13.1. The van der Waals surface area contributed by atoms with Crippen molar-refractivity contribution < 1.29 is 22.7 Å². The minimum absolute atomic E-state index is 0.0487. The summed E-state index contributed by atoms with van der Waals surface area (Å²) in [5.74, 6) is -0.166. The van der Waals surface area contributed by atoms with E-state index in [1.54, 1.807) is 19.1 Å². The SMILES string of the molecule is COc1cc(Cl)c(C)cc1NC(=O)Cn1cnc2c(cnn2-c2cccc(C(F)(F)F)c2)c1=O.